The average molecular weight is 318 g/mol. The van der Waals surface area contributed by atoms with Crippen LogP contribution in [-0.2, 0) is 4.79 Å². The van der Waals surface area contributed by atoms with Crippen molar-refractivity contribution in [2.24, 2.45) is 0 Å². The molecule has 0 saturated carbocycles. The van der Waals surface area contributed by atoms with Crippen molar-refractivity contribution in [1.82, 2.24) is 0 Å². The first-order valence-electron chi connectivity index (χ1n) is 2.68. The lowest BCUT2D eigenvalue weighted by Crippen LogP contribution is -1.86. The minimum absolute atomic E-state index is 0.541. The van der Waals surface area contributed by atoms with Crippen LogP contribution < -0.4 is 0 Å². The van der Waals surface area contributed by atoms with Gasteiger partial charge < -0.3 is 4.79 Å². The van der Waals surface area contributed by atoms with Crippen molar-refractivity contribution < 1.29 is 4.79 Å². The molecule has 0 aliphatic rings. The number of thiophene rings is 1. The average Bonchev–Trinajstić information content (AvgIpc) is 2.32. The van der Waals surface area contributed by atoms with Crippen LogP contribution in [0.15, 0.2) is 14.3 Å². The Morgan fingerprint density at radius 3 is 2.64 bits per heavy atom. The van der Waals surface area contributed by atoms with Gasteiger partial charge in [0.25, 0.3) is 0 Å². The highest BCUT2D eigenvalue weighted by atomic mass is 79.9. The zero-order valence-electron chi connectivity index (χ0n) is 5.18. The molecule has 5 heteroatoms. The quantitative estimate of drug-likeness (QED) is 0.599. The lowest BCUT2D eigenvalue weighted by molar-refractivity contribution is -0.107. The molecule has 1 atom stereocenters. The van der Waals surface area contributed by atoms with E-state index in [1.165, 1.54) is 11.3 Å². The lowest BCUT2D eigenvalue weighted by atomic mass is 10.4. The van der Waals surface area contributed by atoms with Crippen LogP contribution in [-0.4, -0.2) is 6.29 Å². The Hall–Kier alpha value is 0.620. The van der Waals surface area contributed by atoms with Gasteiger partial charge in [0.05, 0.1) is 0 Å². The van der Waals surface area contributed by atoms with E-state index in [0.29, 0.717) is 6.29 Å². The summed E-state index contributed by atoms with van der Waals surface area (Å²) in [5, 5.41) is 1.35. The molecule has 1 unspecified atom stereocenters. The fraction of sp³-hybridized carbons (Fsp3) is 0.167. The second-order valence-electron chi connectivity index (χ2n) is 1.80. The zero-order valence-corrected chi connectivity index (χ0v) is 9.93. The van der Waals surface area contributed by atoms with Crippen molar-refractivity contribution in [2.75, 3.05) is 0 Å². The fourth-order valence-corrected chi connectivity index (χ4v) is 3.14. The van der Waals surface area contributed by atoms with Crippen LogP contribution >= 0.6 is 54.8 Å². The predicted octanol–water partition coefficient (Wildman–Crippen LogP) is 3.75. The maximum Gasteiger partial charge on any atom is 0.143 e. The number of rotatable bonds is 2. The summed E-state index contributed by atoms with van der Waals surface area (Å²) in [6.07, 6.45) is 0.713. The second-order valence-corrected chi connectivity index (χ2v) is 4.83. The summed E-state index contributed by atoms with van der Waals surface area (Å²) in [4.78, 5) is 11.1. The molecular weight excluding hydrogens is 315 g/mol. The molecule has 0 radical (unpaired) electrons. The van der Waals surface area contributed by atoms with Crippen LogP contribution in [0.5, 0.6) is 0 Å². The Kier molecular flexibility index (Phi) is 3.55. The minimum Gasteiger partial charge on any atom is -0.301 e. The summed E-state index contributed by atoms with van der Waals surface area (Å²) in [5.74, 6) is 0. The van der Waals surface area contributed by atoms with Crippen LogP contribution in [0.4, 0.5) is 0 Å². The van der Waals surface area contributed by atoms with E-state index in [1.54, 1.807) is 0 Å². The SMILES string of the molecule is O=CC(Cl)c1scc(Br)c1Br. The van der Waals surface area contributed by atoms with Crippen LogP contribution in [0.25, 0.3) is 0 Å². The van der Waals surface area contributed by atoms with E-state index in [0.717, 1.165) is 13.8 Å². The first-order valence-corrected chi connectivity index (χ1v) is 5.58. The van der Waals surface area contributed by atoms with Crippen LogP contribution in [0.3, 0.4) is 0 Å². The molecule has 0 spiro atoms. The van der Waals surface area contributed by atoms with Crippen molar-refractivity contribution in [3.63, 3.8) is 0 Å². The van der Waals surface area contributed by atoms with Gasteiger partial charge in [-0.3, -0.25) is 0 Å². The molecule has 0 aromatic carbocycles. The van der Waals surface area contributed by atoms with Gasteiger partial charge in [0.1, 0.15) is 11.7 Å². The van der Waals surface area contributed by atoms with E-state index in [9.17, 15) is 4.79 Å². The molecular formula is C6H3Br2ClOS. The first kappa shape index (κ1) is 9.71. The van der Waals surface area contributed by atoms with Gasteiger partial charge in [-0.1, -0.05) is 0 Å². The van der Waals surface area contributed by atoms with Gasteiger partial charge in [0, 0.05) is 19.2 Å². The van der Waals surface area contributed by atoms with Crippen LogP contribution in [0, 0.1) is 0 Å². The predicted molar refractivity (Wildman–Crippen MR) is 54.4 cm³/mol. The minimum atomic E-state index is -0.541. The number of hydrogen-bond donors (Lipinski definition) is 0. The monoisotopic (exact) mass is 316 g/mol. The van der Waals surface area contributed by atoms with Crippen molar-refractivity contribution in [2.45, 2.75) is 5.38 Å². The van der Waals surface area contributed by atoms with Gasteiger partial charge in [-0.05, 0) is 31.9 Å². The molecule has 0 fully saturated rings. The molecule has 1 heterocycles. The Balaban J connectivity index is 3.03. The third-order valence-electron chi connectivity index (χ3n) is 1.09. The fourth-order valence-electron chi connectivity index (χ4n) is 0.584. The van der Waals surface area contributed by atoms with E-state index >= 15 is 0 Å². The number of carbonyl (C=O) groups excluding carboxylic acids is 1. The normalized spacial score (nSPS) is 13.0. The molecule has 1 aromatic rings. The van der Waals surface area contributed by atoms with E-state index in [1.807, 2.05) is 5.38 Å². The standard InChI is InChI=1S/C6H3Br2ClOS/c7-3-2-11-6(5(3)8)4(9)1-10/h1-2,4H. The smallest absolute Gasteiger partial charge is 0.143 e. The third kappa shape index (κ3) is 2.05. The molecule has 11 heavy (non-hydrogen) atoms. The molecule has 0 aliphatic carbocycles. The summed E-state index contributed by atoms with van der Waals surface area (Å²) in [7, 11) is 0. The number of aldehydes is 1. The molecule has 0 bridgehead atoms. The van der Waals surface area contributed by atoms with Crippen molar-refractivity contribution in [3.8, 4) is 0 Å². The largest absolute Gasteiger partial charge is 0.301 e. The van der Waals surface area contributed by atoms with E-state index in [2.05, 4.69) is 31.9 Å². The van der Waals surface area contributed by atoms with E-state index in [-0.39, 0.29) is 0 Å². The summed E-state index contributed by atoms with van der Waals surface area (Å²) in [5.41, 5.74) is 0. The Labute approximate surface area is 90.0 Å². The summed E-state index contributed by atoms with van der Waals surface area (Å²) in [6.45, 7) is 0. The molecule has 0 amide bonds. The highest BCUT2D eigenvalue weighted by Gasteiger charge is 2.14. The highest BCUT2D eigenvalue weighted by molar-refractivity contribution is 9.13. The maximum atomic E-state index is 10.3. The third-order valence-corrected chi connectivity index (χ3v) is 5.18. The van der Waals surface area contributed by atoms with Crippen LogP contribution in [0.2, 0.25) is 0 Å². The summed E-state index contributed by atoms with van der Waals surface area (Å²) >= 11 is 13.8. The molecule has 60 valence electrons. The Morgan fingerprint density at radius 2 is 2.27 bits per heavy atom. The van der Waals surface area contributed by atoms with Gasteiger partial charge in [-0.25, -0.2) is 0 Å². The molecule has 0 aliphatic heterocycles. The van der Waals surface area contributed by atoms with Gasteiger partial charge in [0.2, 0.25) is 0 Å². The van der Waals surface area contributed by atoms with Gasteiger partial charge in [-0.2, -0.15) is 0 Å². The van der Waals surface area contributed by atoms with Gasteiger partial charge in [-0.15, -0.1) is 22.9 Å². The Morgan fingerprint density at radius 1 is 1.64 bits per heavy atom. The Bertz CT molecular complexity index is 274. The van der Waals surface area contributed by atoms with Crippen LogP contribution in [0.1, 0.15) is 10.3 Å². The van der Waals surface area contributed by atoms with E-state index in [4.69, 9.17) is 11.6 Å². The second kappa shape index (κ2) is 4.03. The summed E-state index contributed by atoms with van der Waals surface area (Å²) < 4.78 is 1.81. The highest BCUT2D eigenvalue weighted by Crippen LogP contribution is 2.37. The zero-order chi connectivity index (χ0) is 8.43. The van der Waals surface area contributed by atoms with Crippen molar-refractivity contribution in [3.05, 3.63) is 19.2 Å². The van der Waals surface area contributed by atoms with Gasteiger partial charge in [0.15, 0.2) is 0 Å². The number of carbonyl (C=O) groups is 1. The topological polar surface area (TPSA) is 17.1 Å². The molecule has 1 rings (SSSR count). The molecule has 0 N–H and O–H groups in total. The van der Waals surface area contributed by atoms with Gasteiger partial charge >= 0.3 is 0 Å². The molecule has 1 nitrogen and oxygen atoms in total. The number of alkyl halides is 1. The first-order chi connectivity index (χ1) is 5.16. The molecule has 1 aromatic heterocycles. The number of halogens is 3. The number of hydrogen-bond acceptors (Lipinski definition) is 2. The lowest BCUT2D eigenvalue weighted by Gasteiger charge is -1.96. The van der Waals surface area contributed by atoms with E-state index < -0.39 is 5.38 Å². The molecule has 0 saturated heterocycles. The van der Waals surface area contributed by atoms with Crippen molar-refractivity contribution >= 4 is 61.1 Å². The summed E-state index contributed by atoms with van der Waals surface area (Å²) in [6, 6.07) is 0. The van der Waals surface area contributed by atoms with Crippen molar-refractivity contribution in [1.29, 1.82) is 0 Å². The maximum absolute atomic E-state index is 10.3.